The lowest BCUT2D eigenvalue weighted by atomic mass is 10.2. The largest absolute Gasteiger partial charge is 0.479 e. The molecule has 0 spiro atoms. The molecule has 0 aliphatic rings. The molecule has 3 N–H and O–H groups in total. The average Bonchev–Trinajstić information content (AvgIpc) is 2.34. The summed E-state index contributed by atoms with van der Waals surface area (Å²) in [7, 11) is 0. The maximum Gasteiger partial charge on any atom is 0.274 e. The molecule has 1 rings (SSSR count). The smallest absolute Gasteiger partial charge is 0.274 e. The highest BCUT2D eigenvalue weighted by Crippen LogP contribution is 2.34. The van der Waals surface area contributed by atoms with Crippen LogP contribution in [-0.2, 0) is 4.79 Å². The first-order valence-electron chi connectivity index (χ1n) is 5.31. The molecule has 0 aliphatic heterocycles. The van der Waals surface area contributed by atoms with E-state index in [0.717, 1.165) is 6.42 Å². The lowest BCUT2D eigenvalue weighted by Gasteiger charge is -2.18. The Morgan fingerprint density at radius 1 is 1.50 bits per heavy atom. The van der Waals surface area contributed by atoms with Gasteiger partial charge in [-0.15, -0.1) is 0 Å². The number of hydrogen-bond donors (Lipinski definition) is 2. The van der Waals surface area contributed by atoms with Gasteiger partial charge in [-0.05, 0) is 28.4 Å². The molecule has 100 valence electrons. The van der Waals surface area contributed by atoms with Crippen LogP contribution < -0.4 is 16.0 Å². The minimum Gasteiger partial charge on any atom is -0.479 e. The fourth-order valence-corrected chi connectivity index (χ4v) is 2.18. The lowest BCUT2D eigenvalue weighted by Crippen LogP contribution is -2.42. The van der Waals surface area contributed by atoms with Crippen LogP contribution in [-0.4, -0.2) is 12.0 Å². The van der Waals surface area contributed by atoms with Crippen LogP contribution >= 0.6 is 39.1 Å². The molecule has 0 aromatic heterocycles. The fourth-order valence-electron chi connectivity index (χ4n) is 1.35. The number of nitrogens with one attached hydrogen (secondary N) is 1. The first-order valence-corrected chi connectivity index (χ1v) is 6.86. The van der Waals surface area contributed by atoms with E-state index in [9.17, 15) is 4.79 Å². The summed E-state index contributed by atoms with van der Waals surface area (Å²) in [6.45, 7) is 1.94. The van der Waals surface area contributed by atoms with Crippen LogP contribution in [0, 0.1) is 0 Å². The molecule has 1 amide bonds. The highest BCUT2D eigenvalue weighted by molar-refractivity contribution is 9.10. The zero-order valence-electron chi connectivity index (χ0n) is 9.67. The van der Waals surface area contributed by atoms with E-state index < -0.39 is 12.0 Å². The zero-order valence-corrected chi connectivity index (χ0v) is 12.8. The molecule has 0 heterocycles. The molecule has 4 nitrogen and oxygen atoms in total. The molecule has 1 unspecified atom stereocenters. The minimum atomic E-state index is -0.685. The molecule has 0 fully saturated rings. The van der Waals surface area contributed by atoms with Gasteiger partial charge >= 0.3 is 0 Å². The maximum atomic E-state index is 11.5. The zero-order chi connectivity index (χ0) is 13.7. The molecular weight excluding hydrogens is 343 g/mol. The quantitative estimate of drug-likeness (QED) is 0.368. The van der Waals surface area contributed by atoms with Crippen molar-refractivity contribution in [3.8, 4) is 5.75 Å². The van der Waals surface area contributed by atoms with Crippen molar-refractivity contribution in [1.29, 1.82) is 0 Å². The van der Waals surface area contributed by atoms with Crippen molar-refractivity contribution in [2.45, 2.75) is 25.9 Å². The summed E-state index contributed by atoms with van der Waals surface area (Å²) in [5.74, 6) is 5.06. The van der Waals surface area contributed by atoms with Crippen molar-refractivity contribution >= 4 is 45.0 Å². The van der Waals surface area contributed by atoms with Gasteiger partial charge in [0.25, 0.3) is 5.91 Å². The summed E-state index contributed by atoms with van der Waals surface area (Å²) in [4.78, 5) is 11.5. The molecule has 1 aromatic rings. The summed E-state index contributed by atoms with van der Waals surface area (Å²) in [6.07, 6.45) is 0.627. The van der Waals surface area contributed by atoms with Crippen LogP contribution in [0.4, 0.5) is 0 Å². The predicted octanol–water partition coefficient (Wildman–Crippen LogP) is 3.29. The van der Waals surface area contributed by atoms with Crippen LogP contribution in [0.3, 0.4) is 0 Å². The lowest BCUT2D eigenvalue weighted by molar-refractivity contribution is -0.128. The van der Waals surface area contributed by atoms with Crippen LogP contribution in [0.2, 0.25) is 10.0 Å². The van der Waals surface area contributed by atoms with E-state index in [2.05, 4.69) is 21.4 Å². The summed E-state index contributed by atoms with van der Waals surface area (Å²) >= 11 is 15.2. The van der Waals surface area contributed by atoms with Gasteiger partial charge in [0, 0.05) is 10.5 Å². The van der Waals surface area contributed by atoms with E-state index in [1.165, 1.54) is 0 Å². The SMILES string of the molecule is CCCC(Oc1cc(Cl)c(Br)cc1Cl)C(=O)NN. The van der Waals surface area contributed by atoms with E-state index >= 15 is 0 Å². The molecule has 1 atom stereocenters. The van der Waals surface area contributed by atoms with Crippen molar-refractivity contribution in [3.63, 3.8) is 0 Å². The first kappa shape index (κ1) is 15.6. The van der Waals surface area contributed by atoms with Gasteiger partial charge in [-0.1, -0.05) is 36.5 Å². The molecule has 0 saturated carbocycles. The van der Waals surface area contributed by atoms with Crippen LogP contribution in [0.5, 0.6) is 5.75 Å². The second-order valence-corrected chi connectivity index (χ2v) is 5.27. The number of carbonyl (C=O) groups is 1. The highest BCUT2D eigenvalue weighted by atomic mass is 79.9. The Labute approximate surface area is 124 Å². The minimum absolute atomic E-state index is 0.354. The Kier molecular flexibility index (Phi) is 6.21. The summed E-state index contributed by atoms with van der Waals surface area (Å²) in [6, 6.07) is 3.17. The first-order chi connectivity index (χ1) is 8.49. The van der Waals surface area contributed by atoms with Crippen molar-refractivity contribution in [3.05, 3.63) is 26.7 Å². The average molecular weight is 356 g/mol. The number of amides is 1. The molecule has 0 saturated heterocycles. The van der Waals surface area contributed by atoms with Gasteiger partial charge in [0.2, 0.25) is 0 Å². The molecule has 18 heavy (non-hydrogen) atoms. The van der Waals surface area contributed by atoms with Gasteiger partial charge in [0.1, 0.15) is 5.75 Å². The number of ether oxygens (including phenoxy) is 1. The number of halogens is 3. The fraction of sp³-hybridized carbons (Fsp3) is 0.364. The molecule has 0 bridgehead atoms. The molecule has 0 radical (unpaired) electrons. The number of rotatable bonds is 5. The van der Waals surface area contributed by atoms with E-state index in [1.54, 1.807) is 12.1 Å². The number of benzene rings is 1. The van der Waals surface area contributed by atoms with Crippen LogP contribution in [0.1, 0.15) is 19.8 Å². The Morgan fingerprint density at radius 2 is 2.17 bits per heavy atom. The van der Waals surface area contributed by atoms with E-state index in [1.807, 2.05) is 6.92 Å². The Balaban J connectivity index is 2.93. The van der Waals surface area contributed by atoms with Gasteiger partial charge in [-0.2, -0.15) is 0 Å². The third-order valence-corrected chi connectivity index (χ3v) is 3.72. The second-order valence-electron chi connectivity index (χ2n) is 3.60. The van der Waals surface area contributed by atoms with Gasteiger partial charge in [0.05, 0.1) is 10.0 Å². The number of hydrazine groups is 1. The van der Waals surface area contributed by atoms with E-state index in [0.29, 0.717) is 26.7 Å². The monoisotopic (exact) mass is 354 g/mol. The second kappa shape index (κ2) is 7.19. The van der Waals surface area contributed by atoms with Gasteiger partial charge in [-0.3, -0.25) is 10.2 Å². The summed E-state index contributed by atoms with van der Waals surface area (Å²) in [5.41, 5.74) is 2.07. The Hall–Kier alpha value is -0.490. The highest BCUT2D eigenvalue weighted by Gasteiger charge is 2.20. The van der Waals surface area contributed by atoms with Gasteiger partial charge in [0.15, 0.2) is 6.10 Å². The van der Waals surface area contributed by atoms with E-state index in [4.69, 9.17) is 33.8 Å². The third kappa shape index (κ3) is 4.02. The number of nitrogens with two attached hydrogens (primary N) is 1. The number of hydrogen-bond acceptors (Lipinski definition) is 3. The van der Waals surface area contributed by atoms with Gasteiger partial charge in [-0.25, -0.2) is 5.84 Å². The van der Waals surface area contributed by atoms with E-state index in [-0.39, 0.29) is 0 Å². The third-order valence-electron chi connectivity index (χ3n) is 2.23. The normalized spacial score (nSPS) is 12.1. The van der Waals surface area contributed by atoms with Crippen molar-refractivity contribution in [2.24, 2.45) is 5.84 Å². The number of carbonyl (C=O) groups excluding carboxylic acids is 1. The topological polar surface area (TPSA) is 64.3 Å². The van der Waals surface area contributed by atoms with Crippen molar-refractivity contribution in [2.75, 3.05) is 0 Å². The Morgan fingerprint density at radius 3 is 2.72 bits per heavy atom. The molecular formula is C11H13BrCl2N2O2. The molecule has 0 aliphatic carbocycles. The van der Waals surface area contributed by atoms with Crippen LogP contribution in [0.15, 0.2) is 16.6 Å². The Bertz CT molecular complexity index is 443. The molecule has 1 aromatic carbocycles. The summed E-state index contributed by atoms with van der Waals surface area (Å²) < 4.78 is 6.21. The van der Waals surface area contributed by atoms with Crippen LogP contribution in [0.25, 0.3) is 0 Å². The molecule has 7 heteroatoms. The van der Waals surface area contributed by atoms with Crippen molar-refractivity contribution < 1.29 is 9.53 Å². The van der Waals surface area contributed by atoms with Crippen molar-refractivity contribution in [1.82, 2.24) is 5.43 Å². The maximum absolute atomic E-state index is 11.5. The van der Waals surface area contributed by atoms with Gasteiger partial charge < -0.3 is 4.74 Å². The standard InChI is InChI=1S/C11H13BrCl2N2O2/c1-2-3-9(11(17)16-15)18-10-5-7(13)6(12)4-8(10)14/h4-5,9H,2-3,15H2,1H3,(H,16,17). The predicted molar refractivity (Wildman–Crippen MR) is 75.8 cm³/mol. The summed E-state index contributed by atoms with van der Waals surface area (Å²) in [5, 5.41) is 0.829.